The molecule has 2 unspecified atom stereocenters. The lowest BCUT2D eigenvalue weighted by Crippen LogP contribution is -2.40. The number of ether oxygens (including phenoxy) is 1. The summed E-state index contributed by atoms with van der Waals surface area (Å²) >= 11 is 0. The highest BCUT2D eigenvalue weighted by atomic mass is 16.6. The first-order valence-corrected chi connectivity index (χ1v) is 19.6. The monoisotopic (exact) mass is 687 g/mol. The molecule has 0 aromatic heterocycles. The van der Waals surface area contributed by atoms with Gasteiger partial charge in [0.15, 0.2) is 11.9 Å². The largest absolute Gasteiger partial charge is 0.481 e. The molecule has 4 N–H and O–H groups in total. The summed E-state index contributed by atoms with van der Waals surface area (Å²) in [5.41, 5.74) is 0. The lowest BCUT2D eigenvalue weighted by atomic mass is 10.0. The Morgan fingerprint density at radius 1 is 0.458 bits per heavy atom. The minimum absolute atomic E-state index is 0.262. The van der Waals surface area contributed by atoms with Gasteiger partial charge in [0, 0.05) is 12.8 Å². The van der Waals surface area contributed by atoms with Crippen LogP contribution in [0.1, 0.15) is 206 Å². The molecule has 9 nitrogen and oxygen atoms in total. The average molecular weight is 687 g/mol. The first kappa shape index (κ1) is 48.1. The van der Waals surface area contributed by atoms with Gasteiger partial charge in [-0.3, -0.25) is 19.2 Å². The molecule has 0 aliphatic heterocycles. The van der Waals surface area contributed by atoms with Gasteiger partial charge in [-0.1, -0.05) is 168 Å². The fourth-order valence-electron chi connectivity index (χ4n) is 5.62. The van der Waals surface area contributed by atoms with Gasteiger partial charge in [0.2, 0.25) is 0 Å². The molecule has 284 valence electrons. The number of carbonyl (C=O) groups is 4. The number of aliphatic carboxylic acids is 2. The maximum Gasteiger partial charge on any atom is 0.306 e. The molecule has 9 heteroatoms. The fraction of sp³-hybridized carbons (Fsp3) is 0.897. The van der Waals surface area contributed by atoms with E-state index in [0.717, 1.165) is 38.5 Å². The quantitative estimate of drug-likeness (QED) is 0.0376. The predicted octanol–water partition coefficient (Wildman–Crippen LogP) is 9.72. The molecule has 0 heterocycles. The summed E-state index contributed by atoms with van der Waals surface area (Å²) in [7, 11) is 0. The number of unbranched alkanes of at least 4 members (excludes halogenated alkanes) is 24. The first-order chi connectivity index (χ1) is 23.2. The van der Waals surface area contributed by atoms with Crippen molar-refractivity contribution in [1.29, 1.82) is 0 Å². The number of aliphatic hydroxyl groups excluding tert-OH is 2. The number of aliphatic hydroxyl groups is 2. The zero-order chi connectivity index (χ0) is 36.1. The Bertz CT molecular complexity index is 742. The zero-order valence-corrected chi connectivity index (χ0v) is 30.9. The highest BCUT2D eigenvalue weighted by Crippen LogP contribution is 2.16. The van der Waals surface area contributed by atoms with Crippen LogP contribution < -0.4 is 0 Å². The third kappa shape index (κ3) is 36.8. The van der Waals surface area contributed by atoms with Crippen molar-refractivity contribution in [2.45, 2.75) is 219 Å². The van der Waals surface area contributed by atoms with Crippen LogP contribution in [0.3, 0.4) is 0 Å². The van der Waals surface area contributed by atoms with Crippen molar-refractivity contribution in [3.05, 3.63) is 0 Å². The summed E-state index contributed by atoms with van der Waals surface area (Å²) in [6.45, 7) is 3.93. The van der Waals surface area contributed by atoms with Gasteiger partial charge < -0.3 is 25.2 Å². The van der Waals surface area contributed by atoms with Gasteiger partial charge in [0.05, 0.1) is 19.4 Å². The van der Waals surface area contributed by atoms with Gasteiger partial charge in [-0.15, -0.1) is 0 Å². The van der Waals surface area contributed by atoms with E-state index in [1.807, 2.05) is 0 Å². The average Bonchev–Trinajstić information content (AvgIpc) is 3.06. The van der Waals surface area contributed by atoms with Crippen molar-refractivity contribution in [3.8, 4) is 0 Å². The van der Waals surface area contributed by atoms with Crippen LogP contribution in [-0.4, -0.2) is 62.9 Å². The van der Waals surface area contributed by atoms with E-state index in [1.165, 1.54) is 128 Å². The molecule has 48 heavy (non-hydrogen) atoms. The van der Waals surface area contributed by atoms with Gasteiger partial charge in [0.25, 0.3) is 0 Å². The summed E-state index contributed by atoms with van der Waals surface area (Å²) in [6.07, 6.45) is 29.5. The van der Waals surface area contributed by atoms with Crippen molar-refractivity contribution < 1.29 is 44.3 Å². The number of carboxylic acid groups (broad SMARTS) is 2. The Labute approximate surface area is 293 Å². The van der Waals surface area contributed by atoms with E-state index in [-0.39, 0.29) is 31.5 Å². The first-order valence-electron chi connectivity index (χ1n) is 19.6. The number of Topliss-reactive ketones (excluding diaryl/α,β-unsaturated/α-hetero) is 1. The molecular formula is C39H74O9. The van der Waals surface area contributed by atoms with Gasteiger partial charge in [-0.05, 0) is 12.8 Å². The number of rotatable bonds is 35. The van der Waals surface area contributed by atoms with Crippen molar-refractivity contribution in [2.24, 2.45) is 0 Å². The standard InChI is InChI=1S/C35H68O5.C4H6O4/c1-3-5-7-9-11-13-15-17-19-21-23-25-27-29-32(37)35(33(38)31-36)40-34(39)30-28-26-24-22-20-18-16-14-12-10-8-6-4-2;5-3(6)1-2-4(7)8/h33,35-36,38H,3-31H2,1-2H3;1-2H2,(H,5,6)(H,7,8). The van der Waals surface area contributed by atoms with Crippen LogP contribution in [0.25, 0.3) is 0 Å². The summed E-state index contributed by atoms with van der Waals surface area (Å²) in [6, 6.07) is 0. The van der Waals surface area contributed by atoms with E-state index >= 15 is 0 Å². The van der Waals surface area contributed by atoms with E-state index in [1.54, 1.807) is 0 Å². The topological polar surface area (TPSA) is 158 Å². The third-order valence-corrected chi connectivity index (χ3v) is 8.68. The SMILES string of the molecule is CCCCCCCCCCCCCCCC(=O)OC(C(=O)CCCCCCCCCCCCCCC)C(O)CO.O=C(O)CCC(=O)O. The number of hydrogen-bond acceptors (Lipinski definition) is 7. The van der Waals surface area contributed by atoms with Gasteiger partial charge in [0.1, 0.15) is 6.10 Å². The second-order valence-corrected chi connectivity index (χ2v) is 13.4. The summed E-state index contributed by atoms with van der Waals surface area (Å²) < 4.78 is 5.34. The minimum atomic E-state index is -1.34. The lowest BCUT2D eigenvalue weighted by molar-refractivity contribution is -0.163. The van der Waals surface area contributed by atoms with Crippen molar-refractivity contribution in [3.63, 3.8) is 0 Å². The molecule has 0 saturated carbocycles. The Kier molecular flexibility index (Phi) is 37.9. The normalized spacial score (nSPS) is 12.2. The van der Waals surface area contributed by atoms with Crippen LogP contribution in [0.15, 0.2) is 0 Å². The summed E-state index contributed by atoms with van der Waals surface area (Å²) in [5.74, 6) is -2.87. The molecule has 0 spiro atoms. The number of carboxylic acids is 2. The zero-order valence-electron chi connectivity index (χ0n) is 30.9. The molecule has 0 aromatic carbocycles. The van der Waals surface area contributed by atoms with E-state index in [4.69, 9.17) is 14.9 Å². The van der Waals surface area contributed by atoms with Crippen LogP contribution in [-0.2, 0) is 23.9 Å². The van der Waals surface area contributed by atoms with E-state index < -0.39 is 36.7 Å². The van der Waals surface area contributed by atoms with Crippen LogP contribution in [0.2, 0.25) is 0 Å². The molecule has 0 saturated heterocycles. The molecule has 0 bridgehead atoms. The Balaban J connectivity index is 0. The summed E-state index contributed by atoms with van der Waals surface area (Å²) in [4.78, 5) is 44.2. The van der Waals surface area contributed by atoms with E-state index in [2.05, 4.69) is 13.8 Å². The molecule has 0 aliphatic carbocycles. The maximum atomic E-state index is 12.6. The number of hydrogen-bond donors (Lipinski definition) is 4. The van der Waals surface area contributed by atoms with E-state index in [9.17, 15) is 29.4 Å². The third-order valence-electron chi connectivity index (χ3n) is 8.68. The summed E-state index contributed by atoms with van der Waals surface area (Å²) in [5, 5.41) is 35.2. The molecular weight excluding hydrogens is 612 g/mol. The number of ketones is 1. The Hall–Kier alpha value is -2.00. The van der Waals surface area contributed by atoms with Crippen LogP contribution in [0, 0.1) is 0 Å². The highest BCUT2D eigenvalue weighted by molar-refractivity contribution is 5.86. The van der Waals surface area contributed by atoms with Gasteiger partial charge in [-0.25, -0.2) is 0 Å². The van der Waals surface area contributed by atoms with Crippen molar-refractivity contribution in [2.75, 3.05) is 6.61 Å². The second-order valence-electron chi connectivity index (χ2n) is 13.4. The van der Waals surface area contributed by atoms with E-state index in [0.29, 0.717) is 0 Å². The second kappa shape index (κ2) is 37.8. The Morgan fingerprint density at radius 2 is 0.750 bits per heavy atom. The van der Waals surface area contributed by atoms with Crippen molar-refractivity contribution in [1.82, 2.24) is 0 Å². The lowest BCUT2D eigenvalue weighted by Gasteiger charge is -2.20. The molecule has 0 aromatic rings. The molecule has 0 radical (unpaired) electrons. The van der Waals surface area contributed by atoms with Crippen LogP contribution >= 0.6 is 0 Å². The van der Waals surface area contributed by atoms with Crippen LogP contribution in [0.4, 0.5) is 0 Å². The van der Waals surface area contributed by atoms with Gasteiger partial charge >= 0.3 is 17.9 Å². The molecule has 0 rings (SSSR count). The molecule has 0 aliphatic rings. The van der Waals surface area contributed by atoms with Crippen LogP contribution in [0.5, 0.6) is 0 Å². The smallest absolute Gasteiger partial charge is 0.306 e. The minimum Gasteiger partial charge on any atom is -0.481 e. The Morgan fingerprint density at radius 3 is 1.04 bits per heavy atom. The predicted molar refractivity (Wildman–Crippen MR) is 193 cm³/mol. The highest BCUT2D eigenvalue weighted by Gasteiger charge is 2.29. The number of carbonyl (C=O) groups excluding carboxylic acids is 2. The molecule has 0 amide bonds. The maximum absolute atomic E-state index is 12.6. The van der Waals surface area contributed by atoms with Gasteiger partial charge in [-0.2, -0.15) is 0 Å². The molecule has 2 atom stereocenters. The van der Waals surface area contributed by atoms with Crippen molar-refractivity contribution >= 4 is 23.7 Å². The number of esters is 1. The fourth-order valence-corrected chi connectivity index (χ4v) is 5.62. The molecule has 0 fully saturated rings.